The van der Waals surface area contributed by atoms with Gasteiger partial charge >= 0.3 is 11.9 Å². The zero-order valence-corrected chi connectivity index (χ0v) is 14.5. The number of hydrogen-bond donors (Lipinski definition) is 0. The molecule has 1 fully saturated rings. The smallest absolute Gasteiger partial charge is 0.333 e. The molecule has 0 radical (unpaired) electrons. The Balaban J connectivity index is 1.95. The minimum atomic E-state index is -0.262. The third kappa shape index (κ3) is 4.02. The molecule has 5 heteroatoms. The quantitative estimate of drug-likeness (QED) is 0.427. The maximum Gasteiger partial charge on any atom is 0.333 e. The van der Waals surface area contributed by atoms with E-state index >= 15 is 0 Å². The first-order valence-corrected chi connectivity index (χ1v) is 8.41. The molecule has 5 nitrogen and oxygen atoms in total. The molecule has 0 saturated carbocycles. The lowest BCUT2D eigenvalue weighted by Crippen LogP contribution is -2.36. The van der Waals surface area contributed by atoms with E-state index in [9.17, 15) is 9.59 Å². The fourth-order valence-corrected chi connectivity index (χ4v) is 2.94. The molecule has 2 heterocycles. The topological polar surface area (TPSA) is 55.8 Å². The van der Waals surface area contributed by atoms with Gasteiger partial charge in [-0.15, -0.1) is 0 Å². The van der Waals surface area contributed by atoms with E-state index in [0.29, 0.717) is 12.2 Å². The van der Waals surface area contributed by atoms with Crippen LogP contribution < -0.4 is 0 Å². The van der Waals surface area contributed by atoms with Crippen LogP contribution in [0, 0.1) is 5.92 Å². The molecule has 1 saturated heterocycles. The first-order chi connectivity index (χ1) is 11.0. The van der Waals surface area contributed by atoms with Crippen LogP contribution in [0.2, 0.25) is 0 Å². The summed E-state index contributed by atoms with van der Waals surface area (Å²) in [4.78, 5) is 26.1. The number of hydrogen-bond acceptors (Lipinski definition) is 5. The number of fused-ring (bicyclic) bond motifs is 1. The highest BCUT2D eigenvalue weighted by Crippen LogP contribution is 2.31. The molecule has 3 atom stereocenters. The summed E-state index contributed by atoms with van der Waals surface area (Å²) in [6, 6.07) is 0.0494. The van der Waals surface area contributed by atoms with Crippen LogP contribution in [0.15, 0.2) is 23.3 Å². The van der Waals surface area contributed by atoms with Gasteiger partial charge in [0.1, 0.15) is 12.7 Å². The molecular weight excluding hydrogens is 294 g/mol. The Hall–Kier alpha value is -1.62. The van der Waals surface area contributed by atoms with Crippen LogP contribution in [0.3, 0.4) is 0 Å². The third-order valence-electron chi connectivity index (χ3n) is 4.82. The molecule has 2 aliphatic rings. The fraction of sp³-hybridized carbons (Fsp3) is 0.667. The molecule has 0 amide bonds. The predicted molar refractivity (Wildman–Crippen MR) is 87.8 cm³/mol. The van der Waals surface area contributed by atoms with Crippen LogP contribution in [0.5, 0.6) is 0 Å². The first kappa shape index (κ1) is 17.7. The van der Waals surface area contributed by atoms with Gasteiger partial charge in [0.05, 0.1) is 12.0 Å². The van der Waals surface area contributed by atoms with Gasteiger partial charge in [0.15, 0.2) is 0 Å². The minimum absolute atomic E-state index is 0.0494. The Bertz CT molecular complexity index is 523. The van der Waals surface area contributed by atoms with Gasteiger partial charge < -0.3 is 9.47 Å². The Morgan fingerprint density at radius 3 is 2.87 bits per heavy atom. The Kier molecular flexibility index (Phi) is 5.99. The van der Waals surface area contributed by atoms with E-state index in [1.165, 1.54) is 0 Å². The lowest BCUT2D eigenvalue weighted by molar-refractivity contribution is -0.148. The normalized spacial score (nSPS) is 25.7. The van der Waals surface area contributed by atoms with Crippen molar-refractivity contribution in [3.8, 4) is 0 Å². The van der Waals surface area contributed by atoms with Gasteiger partial charge in [0, 0.05) is 18.7 Å². The lowest BCUT2D eigenvalue weighted by atomic mass is 10.0. The van der Waals surface area contributed by atoms with Crippen LogP contribution in [0.4, 0.5) is 0 Å². The summed E-state index contributed by atoms with van der Waals surface area (Å²) < 4.78 is 11.1. The van der Waals surface area contributed by atoms with E-state index in [4.69, 9.17) is 9.47 Å². The van der Waals surface area contributed by atoms with E-state index in [2.05, 4.69) is 11.0 Å². The molecule has 0 N–H and O–H groups in total. The zero-order chi connectivity index (χ0) is 17.0. The van der Waals surface area contributed by atoms with Gasteiger partial charge in [-0.05, 0) is 32.3 Å². The van der Waals surface area contributed by atoms with E-state index in [1.54, 1.807) is 13.0 Å². The van der Waals surface area contributed by atoms with Crippen molar-refractivity contribution in [3.05, 3.63) is 23.3 Å². The van der Waals surface area contributed by atoms with Gasteiger partial charge in [-0.2, -0.15) is 0 Å². The molecule has 0 aliphatic carbocycles. The van der Waals surface area contributed by atoms with Crippen molar-refractivity contribution in [2.24, 2.45) is 5.92 Å². The summed E-state index contributed by atoms with van der Waals surface area (Å²) in [5.74, 6) is -0.506. The number of carbonyl (C=O) groups excluding carboxylic acids is 2. The SMILES string of the molecule is C/C=C(\C)C(=O)O[C@H]1CCN2CC=C(COC(=O)[C@H](C)CC)[C@H]12. The van der Waals surface area contributed by atoms with E-state index in [1.807, 2.05) is 20.8 Å². The van der Waals surface area contributed by atoms with Crippen molar-refractivity contribution >= 4 is 11.9 Å². The molecule has 0 aromatic carbocycles. The molecule has 0 unspecified atom stereocenters. The standard InChI is InChI=1S/C18H27NO4/c1-5-12(3)17(20)22-11-14-7-9-19-10-8-15(16(14)19)23-18(21)13(4)6-2/h6-7,12,15-16H,5,8-11H2,1-4H3/b13-6+/t12-,15+,16-/m1/s1. The molecule has 0 spiro atoms. The summed E-state index contributed by atoms with van der Waals surface area (Å²) in [7, 11) is 0. The average Bonchev–Trinajstić information content (AvgIpc) is 3.14. The number of rotatable bonds is 6. The maximum absolute atomic E-state index is 12.0. The summed E-state index contributed by atoms with van der Waals surface area (Å²) in [5, 5.41) is 0. The van der Waals surface area contributed by atoms with Crippen LogP contribution >= 0.6 is 0 Å². The number of allylic oxidation sites excluding steroid dienone is 1. The number of carbonyl (C=O) groups is 2. The van der Waals surface area contributed by atoms with Crippen LogP contribution in [-0.4, -0.2) is 48.7 Å². The van der Waals surface area contributed by atoms with E-state index in [-0.39, 0.29) is 30.0 Å². The van der Waals surface area contributed by atoms with Crippen LogP contribution in [-0.2, 0) is 19.1 Å². The number of nitrogens with zero attached hydrogens (tertiary/aromatic N) is 1. The third-order valence-corrected chi connectivity index (χ3v) is 4.82. The van der Waals surface area contributed by atoms with Gasteiger partial charge in [0.2, 0.25) is 0 Å². The number of esters is 2. The Morgan fingerprint density at radius 1 is 1.48 bits per heavy atom. The first-order valence-electron chi connectivity index (χ1n) is 8.41. The number of ether oxygens (including phenoxy) is 2. The van der Waals surface area contributed by atoms with Crippen molar-refractivity contribution in [3.63, 3.8) is 0 Å². The summed E-state index contributed by atoms with van der Waals surface area (Å²) in [6.07, 6.45) is 5.29. The van der Waals surface area contributed by atoms with Gasteiger partial charge in [-0.1, -0.05) is 26.0 Å². The highest BCUT2D eigenvalue weighted by atomic mass is 16.5. The molecule has 23 heavy (non-hydrogen) atoms. The van der Waals surface area contributed by atoms with Crippen molar-refractivity contribution in [1.82, 2.24) is 4.90 Å². The van der Waals surface area contributed by atoms with Crippen molar-refractivity contribution in [2.45, 2.75) is 52.7 Å². The summed E-state index contributed by atoms with van der Waals surface area (Å²) in [5.41, 5.74) is 1.67. The van der Waals surface area contributed by atoms with Crippen LogP contribution in [0.25, 0.3) is 0 Å². The second-order valence-electron chi connectivity index (χ2n) is 6.34. The molecule has 0 bridgehead atoms. The van der Waals surface area contributed by atoms with Gasteiger partial charge in [0.25, 0.3) is 0 Å². The summed E-state index contributed by atoms with van der Waals surface area (Å²) >= 11 is 0. The molecule has 2 rings (SSSR count). The molecule has 2 aliphatic heterocycles. The molecule has 0 aromatic heterocycles. The molecule has 0 aromatic rings. The van der Waals surface area contributed by atoms with E-state index in [0.717, 1.165) is 31.5 Å². The molecule has 128 valence electrons. The second-order valence-corrected chi connectivity index (χ2v) is 6.34. The largest absolute Gasteiger partial charge is 0.461 e. The van der Waals surface area contributed by atoms with Gasteiger partial charge in [-0.3, -0.25) is 9.69 Å². The minimum Gasteiger partial charge on any atom is -0.461 e. The second kappa shape index (κ2) is 7.77. The van der Waals surface area contributed by atoms with Crippen LogP contribution in [0.1, 0.15) is 40.5 Å². The maximum atomic E-state index is 12.0. The summed E-state index contributed by atoms with van der Waals surface area (Å²) in [6.45, 7) is 9.45. The van der Waals surface area contributed by atoms with Crippen molar-refractivity contribution in [2.75, 3.05) is 19.7 Å². The average molecular weight is 321 g/mol. The van der Waals surface area contributed by atoms with Gasteiger partial charge in [-0.25, -0.2) is 4.79 Å². The lowest BCUT2D eigenvalue weighted by Gasteiger charge is -2.24. The van der Waals surface area contributed by atoms with E-state index < -0.39 is 0 Å². The van der Waals surface area contributed by atoms with Crippen molar-refractivity contribution in [1.29, 1.82) is 0 Å². The Morgan fingerprint density at radius 2 is 2.22 bits per heavy atom. The molecular formula is C18H27NO4. The highest BCUT2D eigenvalue weighted by molar-refractivity contribution is 5.87. The zero-order valence-electron chi connectivity index (χ0n) is 14.5. The monoisotopic (exact) mass is 321 g/mol. The fourth-order valence-electron chi connectivity index (χ4n) is 2.94. The highest BCUT2D eigenvalue weighted by Gasteiger charge is 2.42. The Labute approximate surface area is 138 Å². The predicted octanol–water partition coefficient (Wildman–Crippen LogP) is 2.47. The van der Waals surface area contributed by atoms with Crippen molar-refractivity contribution < 1.29 is 19.1 Å².